The zero-order chi connectivity index (χ0) is 22.4. The van der Waals surface area contributed by atoms with Crippen LogP contribution in [0.4, 0.5) is 4.39 Å². The third-order valence-electron chi connectivity index (χ3n) is 4.19. The Labute approximate surface area is 184 Å². The fourth-order valence-electron chi connectivity index (χ4n) is 2.72. The molecule has 0 saturated carbocycles. The van der Waals surface area contributed by atoms with E-state index in [0.29, 0.717) is 5.56 Å². The van der Waals surface area contributed by atoms with Crippen molar-refractivity contribution < 1.29 is 33.3 Å². The summed E-state index contributed by atoms with van der Waals surface area (Å²) in [7, 11) is 0. The number of halogens is 2. The van der Waals surface area contributed by atoms with Gasteiger partial charge in [-0.25, -0.2) is 9.02 Å². The van der Waals surface area contributed by atoms with E-state index in [1.165, 1.54) is 18.2 Å². The van der Waals surface area contributed by atoms with Crippen LogP contribution < -0.4 is 10.1 Å². The van der Waals surface area contributed by atoms with Gasteiger partial charge in [0.1, 0.15) is 18.1 Å². The largest absolute Gasteiger partial charge is 0.472 e. The molecule has 0 radical (unpaired) electrons. The van der Waals surface area contributed by atoms with E-state index in [1.807, 2.05) is 0 Å². The van der Waals surface area contributed by atoms with Gasteiger partial charge in [-0.2, -0.15) is 0 Å². The maximum atomic E-state index is 13.3. The molecule has 1 atom stereocenters. The van der Waals surface area contributed by atoms with Gasteiger partial charge in [0.15, 0.2) is 16.6 Å². The first-order valence-electron chi connectivity index (χ1n) is 8.97. The van der Waals surface area contributed by atoms with Gasteiger partial charge in [0.05, 0.1) is 23.2 Å². The molecule has 1 unspecified atom stereocenters. The Bertz CT molecular complexity index is 1030. The van der Waals surface area contributed by atoms with E-state index in [9.17, 15) is 24.0 Å². The highest BCUT2D eigenvalue weighted by Gasteiger charge is 2.33. The van der Waals surface area contributed by atoms with Crippen molar-refractivity contribution in [3.05, 3.63) is 40.3 Å². The van der Waals surface area contributed by atoms with E-state index < -0.39 is 17.0 Å². The van der Waals surface area contributed by atoms with Crippen LogP contribution in [0.15, 0.2) is 28.0 Å². The van der Waals surface area contributed by atoms with Gasteiger partial charge in [0.25, 0.3) is 5.88 Å². The number of thioether (sulfide) groups is 1. The van der Waals surface area contributed by atoms with Crippen molar-refractivity contribution in [2.24, 2.45) is 5.16 Å². The number of nitrogens with zero attached hydrogens (tertiary/aromatic N) is 3. The first-order valence-corrected chi connectivity index (χ1v) is 10.2. The number of hydrogen-bond acceptors (Lipinski definition) is 10. The van der Waals surface area contributed by atoms with Crippen molar-refractivity contribution in [2.75, 3.05) is 13.2 Å². The molecule has 2 heterocycles. The van der Waals surface area contributed by atoms with Gasteiger partial charge in [-0.15, -0.1) is 0 Å². The molecule has 10 nitrogen and oxygen atoms in total. The van der Waals surface area contributed by atoms with Crippen LogP contribution in [-0.2, 0) is 20.8 Å². The van der Waals surface area contributed by atoms with Gasteiger partial charge < -0.3 is 15.3 Å². The molecule has 2 aromatic rings. The molecule has 1 aromatic carbocycles. The minimum Gasteiger partial charge on any atom is -0.472 e. The van der Waals surface area contributed by atoms with Crippen LogP contribution in [0.5, 0.6) is 5.88 Å². The summed E-state index contributed by atoms with van der Waals surface area (Å²) in [5, 5.41) is 21.4. The minimum absolute atomic E-state index is 0.0152. The van der Waals surface area contributed by atoms with Gasteiger partial charge in [-0.1, -0.05) is 34.6 Å². The summed E-state index contributed by atoms with van der Waals surface area (Å²) >= 11 is 6.63. The van der Waals surface area contributed by atoms with Crippen molar-refractivity contribution in [3.8, 4) is 5.88 Å². The number of oxime groups is 1. The summed E-state index contributed by atoms with van der Waals surface area (Å²) in [5.41, 5.74) is 0.628. The van der Waals surface area contributed by atoms with Crippen LogP contribution in [0, 0.1) is 5.82 Å². The van der Waals surface area contributed by atoms with Crippen molar-refractivity contribution in [1.29, 1.82) is 0 Å². The highest BCUT2D eigenvalue weighted by molar-refractivity contribution is 8.15. The molecular weight excluding hydrogens is 455 g/mol. The topological polar surface area (TPSA) is 144 Å². The van der Waals surface area contributed by atoms with Gasteiger partial charge in [-0.3, -0.25) is 14.4 Å². The Balaban J connectivity index is 1.50. The Morgan fingerprint density at radius 1 is 1.42 bits per heavy atom. The van der Waals surface area contributed by atoms with Crippen LogP contribution in [-0.4, -0.2) is 56.4 Å². The summed E-state index contributed by atoms with van der Waals surface area (Å²) in [6.45, 7) is 0.0720. The van der Waals surface area contributed by atoms with Crippen LogP contribution in [0.25, 0.3) is 0 Å². The van der Waals surface area contributed by atoms with Crippen molar-refractivity contribution in [1.82, 2.24) is 15.6 Å². The molecule has 3 rings (SSSR count). The number of rotatable bonds is 9. The van der Waals surface area contributed by atoms with Crippen molar-refractivity contribution >= 4 is 45.9 Å². The van der Waals surface area contributed by atoms with Crippen LogP contribution >= 0.6 is 23.4 Å². The average Bonchev–Trinajstić information content (AvgIpc) is 3.31. The molecule has 1 aliphatic heterocycles. The predicted octanol–water partition coefficient (Wildman–Crippen LogP) is 1.77. The number of benzene rings is 1. The van der Waals surface area contributed by atoms with Crippen molar-refractivity contribution in [3.63, 3.8) is 0 Å². The summed E-state index contributed by atoms with van der Waals surface area (Å²) in [5.74, 6) is -1.29. The number of ether oxygens (including phenoxy) is 1. The van der Waals surface area contributed by atoms with Crippen molar-refractivity contribution in [2.45, 2.75) is 24.5 Å². The molecule has 2 N–H and O–H groups in total. The fourth-order valence-corrected chi connectivity index (χ4v) is 3.91. The molecule has 1 aliphatic rings. The molecular formula is C18H16ClFN4O6S. The van der Waals surface area contributed by atoms with Gasteiger partial charge in [0.2, 0.25) is 5.91 Å². The average molecular weight is 471 g/mol. The Morgan fingerprint density at radius 2 is 2.23 bits per heavy atom. The number of carbonyl (C=O) groups is 3. The first kappa shape index (κ1) is 22.7. The monoisotopic (exact) mass is 470 g/mol. The maximum Gasteiger partial charge on any atom is 0.285 e. The molecule has 1 aromatic heterocycles. The number of carbonyl (C=O) groups excluding carboxylic acids is 3. The van der Waals surface area contributed by atoms with E-state index in [-0.39, 0.29) is 65.6 Å². The van der Waals surface area contributed by atoms with E-state index in [2.05, 4.69) is 25.4 Å². The highest BCUT2D eigenvalue weighted by Crippen LogP contribution is 2.27. The molecule has 1 saturated heterocycles. The lowest BCUT2D eigenvalue weighted by Crippen LogP contribution is -2.31. The van der Waals surface area contributed by atoms with Gasteiger partial charge >= 0.3 is 0 Å². The number of nitrogens with one attached hydrogen (secondary N) is 1. The lowest BCUT2D eigenvalue weighted by Gasteiger charge is -2.09. The standard InChI is InChI=1S/C18H16ClFN4O6S/c19-10-5-9(1-2-11(10)20)6-12(22-28)17-18(24-30-23-17)29-4-3-21-15(26)8-14-13(25)7-16(27)31-14/h1-2,5,14,28H,3-4,6-8H2,(H,21,26). The SMILES string of the molecule is O=C(CC1SC(=O)CC1=O)NCCOc1nonc1C(Cc1ccc(F)c(Cl)c1)=NO. The number of amides is 1. The lowest BCUT2D eigenvalue weighted by atomic mass is 10.1. The third kappa shape index (κ3) is 6.01. The number of Topliss-reactive ketones (excluding diaryl/α,β-unsaturated/α-hetero) is 1. The van der Waals surface area contributed by atoms with Crippen LogP contribution in [0.2, 0.25) is 5.02 Å². The molecule has 0 bridgehead atoms. The molecule has 0 spiro atoms. The first-order chi connectivity index (χ1) is 14.9. The number of aromatic nitrogens is 2. The van der Waals surface area contributed by atoms with E-state index in [4.69, 9.17) is 16.3 Å². The third-order valence-corrected chi connectivity index (χ3v) is 5.60. The lowest BCUT2D eigenvalue weighted by molar-refractivity contribution is -0.125. The number of hydrogen-bond donors (Lipinski definition) is 2. The highest BCUT2D eigenvalue weighted by atomic mass is 35.5. The normalized spacial score (nSPS) is 16.6. The molecule has 164 valence electrons. The van der Waals surface area contributed by atoms with Crippen LogP contribution in [0.1, 0.15) is 24.1 Å². The maximum absolute atomic E-state index is 13.3. The van der Waals surface area contributed by atoms with Gasteiger partial charge in [0, 0.05) is 12.8 Å². The second-order valence-electron chi connectivity index (χ2n) is 6.41. The summed E-state index contributed by atoms with van der Waals surface area (Å²) in [6, 6.07) is 4.03. The smallest absolute Gasteiger partial charge is 0.285 e. The fraction of sp³-hybridized carbons (Fsp3) is 0.333. The summed E-state index contributed by atoms with van der Waals surface area (Å²) < 4.78 is 23.4. The van der Waals surface area contributed by atoms with E-state index in [1.54, 1.807) is 0 Å². The van der Waals surface area contributed by atoms with E-state index in [0.717, 1.165) is 11.8 Å². The second-order valence-corrected chi connectivity index (χ2v) is 8.08. The second kappa shape index (κ2) is 10.4. The van der Waals surface area contributed by atoms with Crippen LogP contribution in [0.3, 0.4) is 0 Å². The molecule has 0 aliphatic carbocycles. The molecule has 1 fully saturated rings. The predicted molar refractivity (Wildman–Crippen MR) is 107 cm³/mol. The Kier molecular flexibility index (Phi) is 7.58. The van der Waals surface area contributed by atoms with E-state index >= 15 is 0 Å². The van der Waals surface area contributed by atoms with Gasteiger partial charge in [-0.05, 0) is 28.0 Å². The summed E-state index contributed by atoms with van der Waals surface area (Å²) in [4.78, 5) is 34.7. The minimum atomic E-state index is -0.650. The number of ketones is 1. The molecule has 13 heteroatoms. The quantitative estimate of drug-likeness (QED) is 0.184. The Morgan fingerprint density at radius 3 is 2.90 bits per heavy atom. The molecule has 1 amide bonds. The molecule has 31 heavy (non-hydrogen) atoms. The Hall–Kier alpha value is -2.99. The summed E-state index contributed by atoms with van der Waals surface area (Å²) in [6.07, 6.45) is -0.191. The zero-order valence-electron chi connectivity index (χ0n) is 15.8. The zero-order valence-corrected chi connectivity index (χ0v) is 17.4.